The number of amides is 1. The lowest BCUT2D eigenvalue weighted by molar-refractivity contribution is -0.131. The number of furan rings is 2. The lowest BCUT2D eigenvalue weighted by Gasteiger charge is -2.19. The van der Waals surface area contributed by atoms with E-state index in [4.69, 9.17) is 8.83 Å². The summed E-state index contributed by atoms with van der Waals surface area (Å²) in [5, 5.41) is 0. The third-order valence-electron chi connectivity index (χ3n) is 4.24. The van der Waals surface area contributed by atoms with E-state index in [0.29, 0.717) is 17.1 Å². The van der Waals surface area contributed by atoms with Gasteiger partial charge in [0.25, 0.3) is 10.0 Å². The number of fused-ring (bicyclic) bond motifs is 1. The first kappa shape index (κ1) is 18.1. The first-order chi connectivity index (χ1) is 13.5. The van der Waals surface area contributed by atoms with Gasteiger partial charge in [-0.1, -0.05) is 12.1 Å². The minimum absolute atomic E-state index is 0.157. The van der Waals surface area contributed by atoms with Gasteiger partial charge in [-0.25, -0.2) is 8.42 Å². The van der Waals surface area contributed by atoms with Crippen molar-refractivity contribution >= 4 is 21.8 Å². The number of carbonyl (C=O) groups excluding carboxylic acids is 1. The molecule has 4 rings (SSSR count). The highest BCUT2D eigenvalue weighted by Crippen LogP contribution is 2.22. The van der Waals surface area contributed by atoms with Crippen LogP contribution < -0.4 is 4.72 Å². The van der Waals surface area contributed by atoms with Gasteiger partial charge in [0, 0.05) is 5.56 Å². The average molecular weight is 399 g/mol. The summed E-state index contributed by atoms with van der Waals surface area (Å²) in [5.41, 5.74) is 0.457. The SMILES string of the molecule is O=C(CN=C1NS(=O)(=O)c2ccccc21)N(Cc1ccco1)Cc1ccco1. The number of rotatable bonds is 6. The fraction of sp³-hybridized carbons (Fsp3) is 0.158. The molecule has 0 aliphatic carbocycles. The molecule has 0 bridgehead atoms. The number of hydrogen-bond acceptors (Lipinski definition) is 6. The highest BCUT2D eigenvalue weighted by molar-refractivity contribution is 7.90. The largest absolute Gasteiger partial charge is 0.467 e. The van der Waals surface area contributed by atoms with Gasteiger partial charge < -0.3 is 13.7 Å². The second kappa shape index (κ2) is 7.35. The Morgan fingerprint density at radius 2 is 1.61 bits per heavy atom. The zero-order valence-corrected chi connectivity index (χ0v) is 15.6. The Hall–Kier alpha value is -3.33. The Bertz CT molecular complexity index is 1070. The van der Waals surface area contributed by atoms with Crippen LogP contribution in [0.5, 0.6) is 0 Å². The molecular formula is C19H17N3O5S. The molecule has 1 N–H and O–H groups in total. The van der Waals surface area contributed by atoms with Crippen LogP contribution in [0.25, 0.3) is 0 Å². The molecule has 0 spiro atoms. The molecular weight excluding hydrogens is 382 g/mol. The normalized spacial score (nSPS) is 15.9. The molecule has 2 aromatic heterocycles. The third kappa shape index (κ3) is 3.70. The van der Waals surface area contributed by atoms with Crippen LogP contribution >= 0.6 is 0 Å². The first-order valence-electron chi connectivity index (χ1n) is 8.52. The van der Waals surface area contributed by atoms with Crippen LogP contribution in [0.2, 0.25) is 0 Å². The number of nitrogens with one attached hydrogen (secondary N) is 1. The molecule has 0 atom stereocenters. The third-order valence-corrected chi connectivity index (χ3v) is 5.64. The monoisotopic (exact) mass is 399 g/mol. The van der Waals surface area contributed by atoms with E-state index in [1.807, 2.05) is 0 Å². The topological polar surface area (TPSA) is 105 Å². The van der Waals surface area contributed by atoms with Crippen LogP contribution in [-0.2, 0) is 27.9 Å². The summed E-state index contributed by atoms with van der Waals surface area (Å²) in [6, 6.07) is 13.6. The van der Waals surface area contributed by atoms with Crippen molar-refractivity contribution in [2.24, 2.45) is 4.99 Å². The fourth-order valence-corrected chi connectivity index (χ4v) is 4.16. The molecule has 0 saturated carbocycles. The predicted molar refractivity (Wildman–Crippen MR) is 99.8 cm³/mol. The predicted octanol–water partition coefficient (Wildman–Crippen LogP) is 2.14. The van der Waals surface area contributed by atoms with E-state index in [-0.39, 0.29) is 36.3 Å². The van der Waals surface area contributed by atoms with Gasteiger partial charge in [0.1, 0.15) is 23.9 Å². The van der Waals surface area contributed by atoms with Crippen LogP contribution in [0.1, 0.15) is 17.1 Å². The number of sulfonamides is 1. The van der Waals surface area contributed by atoms with Crippen molar-refractivity contribution in [1.82, 2.24) is 9.62 Å². The molecule has 1 amide bonds. The van der Waals surface area contributed by atoms with Gasteiger partial charge in [-0.3, -0.25) is 14.5 Å². The summed E-state index contributed by atoms with van der Waals surface area (Å²) in [6.45, 7) is 0.285. The molecule has 28 heavy (non-hydrogen) atoms. The van der Waals surface area contributed by atoms with Crippen molar-refractivity contribution in [3.05, 3.63) is 78.1 Å². The molecule has 3 heterocycles. The van der Waals surface area contributed by atoms with Crippen molar-refractivity contribution in [2.75, 3.05) is 6.54 Å². The lowest BCUT2D eigenvalue weighted by Crippen LogP contribution is -2.32. The van der Waals surface area contributed by atoms with Crippen molar-refractivity contribution in [3.8, 4) is 0 Å². The van der Waals surface area contributed by atoms with Gasteiger partial charge in [0.15, 0.2) is 0 Å². The minimum Gasteiger partial charge on any atom is -0.467 e. The van der Waals surface area contributed by atoms with Crippen molar-refractivity contribution < 1.29 is 22.0 Å². The second-order valence-electron chi connectivity index (χ2n) is 6.18. The summed E-state index contributed by atoms with van der Waals surface area (Å²) in [6.07, 6.45) is 3.07. The van der Waals surface area contributed by atoms with E-state index in [1.165, 1.54) is 23.5 Å². The molecule has 0 saturated heterocycles. The van der Waals surface area contributed by atoms with Gasteiger partial charge >= 0.3 is 0 Å². The fourth-order valence-electron chi connectivity index (χ4n) is 2.91. The number of aliphatic imine (C=N–C) groups is 1. The number of benzene rings is 1. The molecule has 0 fully saturated rings. The van der Waals surface area contributed by atoms with Crippen LogP contribution in [-0.4, -0.2) is 31.6 Å². The van der Waals surface area contributed by atoms with Gasteiger partial charge in [0.05, 0.1) is 30.5 Å². The zero-order valence-electron chi connectivity index (χ0n) is 14.7. The molecule has 3 aromatic rings. The summed E-state index contributed by atoms with van der Waals surface area (Å²) in [5.74, 6) is 1.13. The Morgan fingerprint density at radius 1 is 0.964 bits per heavy atom. The number of nitrogens with zero attached hydrogens (tertiary/aromatic N) is 2. The molecule has 8 nitrogen and oxygen atoms in total. The smallest absolute Gasteiger partial charge is 0.263 e. The summed E-state index contributed by atoms with van der Waals surface area (Å²) in [4.78, 5) is 18.7. The summed E-state index contributed by atoms with van der Waals surface area (Å²) >= 11 is 0. The van der Waals surface area contributed by atoms with Crippen LogP contribution in [0.3, 0.4) is 0 Å². The van der Waals surface area contributed by atoms with Gasteiger partial charge in [-0.05, 0) is 36.4 Å². The van der Waals surface area contributed by atoms with Crippen LogP contribution in [0.15, 0.2) is 79.8 Å². The van der Waals surface area contributed by atoms with Gasteiger partial charge in [-0.15, -0.1) is 0 Å². The quantitative estimate of drug-likeness (QED) is 0.684. The molecule has 1 aliphatic rings. The Kier molecular flexibility index (Phi) is 4.74. The van der Waals surface area contributed by atoms with Crippen molar-refractivity contribution in [2.45, 2.75) is 18.0 Å². The average Bonchev–Trinajstić information content (AvgIpc) is 3.42. The second-order valence-corrected chi connectivity index (χ2v) is 7.83. The molecule has 1 aliphatic heterocycles. The van der Waals surface area contributed by atoms with E-state index in [0.717, 1.165) is 0 Å². The van der Waals surface area contributed by atoms with E-state index in [1.54, 1.807) is 42.5 Å². The Balaban J connectivity index is 1.54. The molecule has 144 valence electrons. The molecule has 0 unspecified atom stereocenters. The first-order valence-corrected chi connectivity index (χ1v) is 10.0. The number of hydrogen-bond donors (Lipinski definition) is 1. The van der Waals surface area contributed by atoms with Crippen molar-refractivity contribution in [1.29, 1.82) is 0 Å². The van der Waals surface area contributed by atoms with E-state index < -0.39 is 10.0 Å². The van der Waals surface area contributed by atoms with Crippen LogP contribution in [0.4, 0.5) is 0 Å². The maximum absolute atomic E-state index is 12.8. The zero-order chi connectivity index (χ0) is 19.6. The van der Waals surface area contributed by atoms with Crippen molar-refractivity contribution in [3.63, 3.8) is 0 Å². The molecule has 9 heteroatoms. The lowest BCUT2D eigenvalue weighted by atomic mass is 10.2. The molecule has 1 aromatic carbocycles. The van der Waals surface area contributed by atoms with E-state index in [2.05, 4.69) is 9.71 Å². The molecule has 0 radical (unpaired) electrons. The Morgan fingerprint density at radius 3 is 2.21 bits per heavy atom. The summed E-state index contributed by atoms with van der Waals surface area (Å²) in [7, 11) is -3.64. The maximum atomic E-state index is 12.8. The number of amidine groups is 1. The van der Waals surface area contributed by atoms with E-state index >= 15 is 0 Å². The maximum Gasteiger partial charge on any atom is 0.263 e. The standard InChI is InChI=1S/C19H17N3O5S/c23-18(11-20-19-16-7-1-2-8-17(16)28(24,25)21-19)22(12-14-5-3-9-26-14)13-15-6-4-10-27-15/h1-10H,11-13H2,(H,20,21). The highest BCUT2D eigenvalue weighted by atomic mass is 32.2. The Labute approximate surface area is 161 Å². The van der Waals surface area contributed by atoms with Crippen LogP contribution in [0, 0.1) is 0 Å². The van der Waals surface area contributed by atoms with Gasteiger partial charge in [0.2, 0.25) is 5.91 Å². The summed E-state index contributed by atoms with van der Waals surface area (Å²) < 4.78 is 37.4. The number of carbonyl (C=O) groups is 1. The van der Waals surface area contributed by atoms with E-state index in [9.17, 15) is 13.2 Å². The highest BCUT2D eigenvalue weighted by Gasteiger charge is 2.30. The van der Waals surface area contributed by atoms with Gasteiger partial charge in [-0.2, -0.15) is 0 Å². The minimum atomic E-state index is -3.64.